The molecule has 6 nitrogen and oxygen atoms in total. The van der Waals surface area contributed by atoms with Gasteiger partial charge in [0, 0.05) is 23.4 Å². The minimum atomic E-state index is -1.13. The number of aryl methyl sites for hydroxylation is 1. The van der Waals surface area contributed by atoms with Crippen LogP contribution in [0.5, 0.6) is 0 Å². The fourth-order valence-corrected chi connectivity index (χ4v) is 5.05. The molecule has 4 rings (SSSR count). The largest absolute Gasteiger partial charge is 0.450 e. The van der Waals surface area contributed by atoms with Crippen LogP contribution in [-0.2, 0) is 25.5 Å². The maximum absolute atomic E-state index is 13.1. The number of nitrogens with zero attached hydrogens (tertiary/aromatic N) is 1. The molecule has 0 bridgehead atoms. The molecule has 2 aromatic rings. The summed E-state index contributed by atoms with van der Waals surface area (Å²) in [5, 5.41) is 2.77. The van der Waals surface area contributed by atoms with E-state index in [2.05, 4.69) is 12.2 Å². The van der Waals surface area contributed by atoms with E-state index in [0.717, 1.165) is 17.0 Å². The molecule has 1 saturated heterocycles. The van der Waals surface area contributed by atoms with E-state index in [0.29, 0.717) is 12.1 Å². The topological polar surface area (TPSA) is 75.7 Å². The number of amides is 2. The van der Waals surface area contributed by atoms with Gasteiger partial charge in [0.05, 0.1) is 5.69 Å². The number of hydrogen-bond donors (Lipinski definition) is 1. The van der Waals surface area contributed by atoms with Crippen LogP contribution in [0, 0.1) is 0 Å². The number of esters is 1. The van der Waals surface area contributed by atoms with Crippen LogP contribution >= 0.6 is 11.8 Å². The molecule has 0 radical (unpaired) electrons. The molecule has 0 aliphatic carbocycles. The second-order valence-corrected chi connectivity index (χ2v) is 8.49. The number of hydrogen-bond acceptors (Lipinski definition) is 5. The summed E-state index contributed by atoms with van der Waals surface area (Å²) >= 11 is 1.33. The van der Waals surface area contributed by atoms with Crippen LogP contribution in [0.25, 0.3) is 0 Å². The van der Waals surface area contributed by atoms with E-state index < -0.39 is 22.9 Å². The summed E-state index contributed by atoms with van der Waals surface area (Å²) in [5.74, 6) is -1.07. The van der Waals surface area contributed by atoms with Crippen molar-refractivity contribution in [2.75, 3.05) is 10.2 Å². The van der Waals surface area contributed by atoms with Gasteiger partial charge in [0.2, 0.25) is 5.91 Å². The molecule has 2 amide bonds. The number of nitrogens with one attached hydrogen (secondary N) is 1. The second kappa shape index (κ2) is 7.55. The monoisotopic (exact) mass is 410 g/mol. The van der Waals surface area contributed by atoms with Crippen molar-refractivity contribution in [2.45, 2.75) is 49.0 Å². The summed E-state index contributed by atoms with van der Waals surface area (Å²) in [6, 6.07) is 15.0. The van der Waals surface area contributed by atoms with Crippen molar-refractivity contribution in [3.63, 3.8) is 0 Å². The molecule has 2 atom stereocenters. The maximum atomic E-state index is 13.1. The van der Waals surface area contributed by atoms with Gasteiger partial charge < -0.3 is 10.1 Å². The molecular weight excluding hydrogens is 388 g/mol. The number of benzene rings is 2. The minimum absolute atomic E-state index is 0.104. The van der Waals surface area contributed by atoms with Gasteiger partial charge in [0.1, 0.15) is 0 Å². The Morgan fingerprint density at radius 3 is 2.66 bits per heavy atom. The van der Waals surface area contributed by atoms with Gasteiger partial charge in [-0.25, -0.2) is 4.79 Å². The van der Waals surface area contributed by atoms with Gasteiger partial charge in [-0.3, -0.25) is 14.5 Å². The highest BCUT2D eigenvalue weighted by Gasteiger charge is 2.58. The quantitative estimate of drug-likeness (QED) is 0.760. The van der Waals surface area contributed by atoms with Gasteiger partial charge in [-0.2, -0.15) is 0 Å². The van der Waals surface area contributed by atoms with Crippen LogP contribution < -0.4 is 10.2 Å². The summed E-state index contributed by atoms with van der Waals surface area (Å²) < 4.78 is 5.53. The van der Waals surface area contributed by atoms with E-state index >= 15 is 0 Å². The van der Waals surface area contributed by atoms with E-state index in [1.54, 1.807) is 0 Å². The SMILES string of the molecule is CCc1ccc(NC(=O)C(C)OC(=O)C23CCC(=O)N2c2ccccc2S3)cc1. The van der Waals surface area contributed by atoms with E-state index in [1.807, 2.05) is 48.5 Å². The number of para-hydroxylation sites is 1. The van der Waals surface area contributed by atoms with Gasteiger partial charge in [-0.05, 0) is 43.2 Å². The molecule has 29 heavy (non-hydrogen) atoms. The lowest BCUT2D eigenvalue weighted by molar-refractivity contribution is -0.155. The molecule has 2 aromatic carbocycles. The smallest absolute Gasteiger partial charge is 0.344 e. The molecule has 2 unspecified atom stereocenters. The molecule has 0 aromatic heterocycles. The summed E-state index contributed by atoms with van der Waals surface area (Å²) in [6.45, 7) is 3.60. The first kappa shape index (κ1) is 19.5. The Labute approximate surface area is 173 Å². The number of ether oxygens (including phenoxy) is 1. The average molecular weight is 410 g/mol. The summed E-state index contributed by atoms with van der Waals surface area (Å²) in [4.78, 5) is 39.3. The van der Waals surface area contributed by atoms with Gasteiger partial charge >= 0.3 is 5.97 Å². The molecule has 2 aliphatic heterocycles. The molecular formula is C22H22N2O4S. The van der Waals surface area contributed by atoms with E-state index in [1.165, 1.54) is 29.1 Å². The molecule has 1 fully saturated rings. The average Bonchev–Trinajstić information content (AvgIpc) is 3.24. The van der Waals surface area contributed by atoms with Crippen molar-refractivity contribution in [1.29, 1.82) is 0 Å². The zero-order valence-corrected chi connectivity index (χ0v) is 17.1. The third-order valence-electron chi connectivity index (χ3n) is 5.28. The van der Waals surface area contributed by atoms with Crippen LogP contribution in [0.15, 0.2) is 53.4 Å². The highest BCUT2D eigenvalue weighted by Crippen LogP contribution is 2.56. The molecule has 7 heteroatoms. The van der Waals surface area contributed by atoms with Crippen molar-refractivity contribution in [3.05, 3.63) is 54.1 Å². The van der Waals surface area contributed by atoms with Crippen molar-refractivity contribution in [1.82, 2.24) is 0 Å². The fraction of sp³-hybridized carbons (Fsp3) is 0.318. The molecule has 0 spiro atoms. The van der Waals surface area contributed by atoms with Gasteiger partial charge in [-0.15, -0.1) is 0 Å². The Balaban J connectivity index is 1.47. The van der Waals surface area contributed by atoms with Crippen molar-refractivity contribution >= 4 is 40.9 Å². The van der Waals surface area contributed by atoms with Crippen molar-refractivity contribution in [3.8, 4) is 0 Å². The van der Waals surface area contributed by atoms with Crippen LogP contribution in [0.2, 0.25) is 0 Å². The Hall–Kier alpha value is -2.80. The number of carbonyl (C=O) groups is 3. The minimum Gasteiger partial charge on any atom is -0.450 e. The van der Waals surface area contributed by atoms with E-state index in [9.17, 15) is 14.4 Å². The number of anilines is 2. The third kappa shape index (κ3) is 3.40. The van der Waals surface area contributed by atoms with Crippen molar-refractivity contribution in [2.24, 2.45) is 0 Å². The van der Waals surface area contributed by atoms with Gasteiger partial charge in [0.15, 0.2) is 11.0 Å². The van der Waals surface area contributed by atoms with E-state index in [4.69, 9.17) is 4.74 Å². The molecule has 1 N–H and O–H groups in total. The highest BCUT2D eigenvalue weighted by molar-refractivity contribution is 8.02. The summed E-state index contributed by atoms with van der Waals surface area (Å²) in [6.07, 6.45) is 0.571. The Kier molecular flexibility index (Phi) is 5.08. The number of carbonyl (C=O) groups excluding carboxylic acids is 3. The van der Waals surface area contributed by atoms with Crippen LogP contribution in [0.4, 0.5) is 11.4 Å². The summed E-state index contributed by atoms with van der Waals surface area (Å²) in [7, 11) is 0. The predicted molar refractivity (Wildman–Crippen MR) is 112 cm³/mol. The first-order chi connectivity index (χ1) is 13.9. The molecule has 2 heterocycles. The fourth-order valence-electron chi connectivity index (χ4n) is 3.65. The maximum Gasteiger partial charge on any atom is 0.344 e. The molecule has 2 aliphatic rings. The third-order valence-corrected chi connectivity index (χ3v) is 6.73. The van der Waals surface area contributed by atoms with Crippen LogP contribution in [-0.4, -0.2) is 28.8 Å². The van der Waals surface area contributed by atoms with Crippen LogP contribution in [0.1, 0.15) is 32.3 Å². The zero-order chi connectivity index (χ0) is 20.6. The van der Waals surface area contributed by atoms with Gasteiger partial charge in [0.25, 0.3) is 5.91 Å². The normalized spacial score (nSPS) is 20.8. The standard InChI is InChI=1S/C22H22N2O4S/c1-3-15-8-10-16(11-9-15)23-20(26)14(2)28-21(27)22-13-12-19(25)24(22)17-6-4-5-7-18(17)29-22/h4-11,14H,3,12-13H2,1-2H3,(H,23,26). The van der Waals surface area contributed by atoms with Crippen molar-refractivity contribution < 1.29 is 19.1 Å². The number of fused-ring (bicyclic) bond motifs is 3. The lowest BCUT2D eigenvalue weighted by Crippen LogP contribution is -2.49. The molecule has 150 valence electrons. The van der Waals surface area contributed by atoms with E-state index in [-0.39, 0.29) is 12.3 Å². The zero-order valence-electron chi connectivity index (χ0n) is 16.3. The van der Waals surface area contributed by atoms with Gasteiger partial charge in [-0.1, -0.05) is 43.0 Å². The highest BCUT2D eigenvalue weighted by atomic mass is 32.2. The van der Waals surface area contributed by atoms with Crippen LogP contribution in [0.3, 0.4) is 0 Å². The number of rotatable bonds is 5. The first-order valence-corrected chi connectivity index (χ1v) is 10.5. The predicted octanol–water partition coefficient (Wildman–Crippen LogP) is 3.75. The summed E-state index contributed by atoms with van der Waals surface area (Å²) in [5.41, 5.74) is 2.55. The Morgan fingerprint density at radius 1 is 1.21 bits per heavy atom. The molecule has 0 saturated carbocycles. The second-order valence-electron chi connectivity index (χ2n) is 7.17. The first-order valence-electron chi connectivity index (χ1n) is 9.66. The lowest BCUT2D eigenvalue weighted by atomic mass is 10.1. The lowest BCUT2D eigenvalue weighted by Gasteiger charge is -2.29. The Morgan fingerprint density at radius 2 is 1.93 bits per heavy atom. The Bertz CT molecular complexity index is 975. The number of thioether (sulfide) groups is 1.